The maximum atomic E-state index is 12.4. The quantitative estimate of drug-likeness (QED) is 0.837. The van der Waals surface area contributed by atoms with Crippen LogP contribution >= 0.6 is 11.3 Å². The summed E-state index contributed by atoms with van der Waals surface area (Å²) in [4.78, 5) is 18.0. The first-order valence-electron chi connectivity index (χ1n) is 8.20. The lowest BCUT2D eigenvalue weighted by atomic mass is 9.89. The van der Waals surface area contributed by atoms with Gasteiger partial charge >= 0.3 is 0 Å². The topological polar surface area (TPSA) is 23.6 Å². The van der Waals surface area contributed by atoms with E-state index in [1.807, 2.05) is 22.4 Å². The van der Waals surface area contributed by atoms with E-state index in [-0.39, 0.29) is 5.91 Å². The summed E-state index contributed by atoms with van der Waals surface area (Å²) >= 11 is 1.55. The minimum absolute atomic E-state index is 0.226. The lowest BCUT2D eigenvalue weighted by molar-refractivity contribution is 0.0453. The number of carbonyl (C=O) groups excluding carboxylic acids is 1. The Bertz CT molecular complexity index is 455. The second kappa shape index (κ2) is 6.49. The number of piperidine rings is 2. The third-order valence-electron chi connectivity index (χ3n) is 4.90. The number of rotatable bonds is 2. The molecule has 3 rings (SSSR count). The summed E-state index contributed by atoms with van der Waals surface area (Å²) in [7, 11) is 0. The first-order chi connectivity index (χ1) is 10.1. The van der Waals surface area contributed by atoms with Gasteiger partial charge in [0.1, 0.15) is 0 Å². The highest BCUT2D eigenvalue weighted by molar-refractivity contribution is 7.12. The SMILES string of the molecule is C[C@@H]1C[C@@H](C)CN(C2CCN(C(=O)c3cccs3)CC2)C1. The van der Waals surface area contributed by atoms with Gasteiger partial charge in [0.05, 0.1) is 4.88 Å². The van der Waals surface area contributed by atoms with Gasteiger partial charge < -0.3 is 4.90 Å². The van der Waals surface area contributed by atoms with Crippen LogP contribution in [0.4, 0.5) is 0 Å². The molecule has 2 saturated heterocycles. The Morgan fingerprint density at radius 3 is 2.43 bits per heavy atom. The van der Waals surface area contributed by atoms with Gasteiger partial charge in [-0.2, -0.15) is 0 Å². The first-order valence-corrected chi connectivity index (χ1v) is 9.08. The van der Waals surface area contributed by atoms with Crippen LogP contribution in [0.5, 0.6) is 0 Å². The molecule has 0 radical (unpaired) electrons. The molecule has 0 bridgehead atoms. The second-order valence-corrected chi connectivity index (χ2v) is 7.85. The van der Waals surface area contributed by atoms with Gasteiger partial charge in [0, 0.05) is 32.2 Å². The molecule has 0 N–H and O–H groups in total. The number of hydrogen-bond donors (Lipinski definition) is 0. The van der Waals surface area contributed by atoms with Crippen LogP contribution in [0.25, 0.3) is 0 Å². The van der Waals surface area contributed by atoms with Crippen molar-refractivity contribution in [1.29, 1.82) is 0 Å². The normalized spacial score (nSPS) is 28.8. The van der Waals surface area contributed by atoms with E-state index in [9.17, 15) is 4.79 Å². The predicted molar refractivity (Wildman–Crippen MR) is 87.8 cm³/mol. The van der Waals surface area contributed by atoms with Crippen molar-refractivity contribution < 1.29 is 4.79 Å². The van der Waals surface area contributed by atoms with Gasteiger partial charge in [0.15, 0.2) is 0 Å². The monoisotopic (exact) mass is 306 g/mol. The molecule has 3 nitrogen and oxygen atoms in total. The Morgan fingerprint density at radius 2 is 1.86 bits per heavy atom. The molecular formula is C17H26N2OS. The maximum absolute atomic E-state index is 12.4. The first kappa shape index (κ1) is 15.0. The summed E-state index contributed by atoms with van der Waals surface area (Å²) in [5, 5.41) is 1.98. The van der Waals surface area contributed by atoms with Crippen LogP contribution < -0.4 is 0 Å². The van der Waals surface area contributed by atoms with Gasteiger partial charge in [0.2, 0.25) is 0 Å². The number of nitrogens with zero attached hydrogens (tertiary/aromatic N) is 2. The van der Waals surface area contributed by atoms with Crippen molar-refractivity contribution >= 4 is 17.2 Å². The van der Waals surface area contributed by atoms with E-state index in [1.165, 1.54) is 19.5 Å². The molecule has 0 aromatic carbocycles. The minimum Gasteiger partial charge on any atom is -0.338 e. The number of thiophene rings is 1. The van der Waals surface area contributed by atoms with Gasteiger partial charge in [-0.15, -0.1) is 11.3 Å². The van der Waals surface area contributed by atoms with Crippen LogP contribution in [0.2, 0.25) is 0 Å². The minimum atomic E-state index is 0.226. The smallest absolute Gasteiger partial charge is 0.263 e. The molecular weight excluding hydrogens is 280 g/mol. The lowest BCUT2D eigenvalue weighted by Crippen LogP contribution is -2.50. The van der Waals surface area contributed by atoms with E-state index in [2.05, 4.69) is 18.7 Å². The summed E-state index contributed by atoms with van der Waals surface area (Å²) in [6, 6.07) is 4.58. The van der Waals surface area contributed by atoms with Crippen molar-refractivity contribution in [2.75, 3.05) is 26.2 Å². The van der Waals surface area contributed by atoms with Crippen LogP contribution in [0, 0.1) is 11.8 Å². The Balaban J connectivity index is 1.54. The Hall–Kier alpha value is -0.870. The zero-order valence-electron chi connectivity index (χ0n) is 13.1. The molecule has 21 heavy (non-hydrogen) atoms. The van der Waals surface area contributed by atoms with E-state index >= 15 is 0 Å². The molecule has 1 aromatic heterocycles. The number of amides is 1. The van der Waals surface area contributed by atoms with E-state index in [4.69, 9.17) is 0 Å². The zero-order valence-corrected chi connectivity index (χ0v) is 13.9. The van der Waals surface area contributed by atoms with Crippen LogP contribution in [0.1, 0.15) is 42.8 Å². The molecule has 2 fully saturated rings. The average Bonchev–Trinajstić information content (AvgIpc) is 3.00. The third kappa shape index (κ3) is 3.49. The Labute approximate surface area is 131 Å². The molecule has 3 heterocycles. The van der Waals surface area contributed by atoms with E-state index in [0.717, 1.165) is 42.6 Å². The summed E-state index contributed by atoms with van der Waals surface area (Å²) < 4.78 is 0. The van der Waals surface area contributed by atoms with Gasteiger partial charge in [0.25, 0.3) is 5.91 Å². The molecule has 116 valence electrons. The largest absolute Gasteiger partial charge is 0.338 e. The van der Waals surface area contributed by atoms with E-state index in [0.29, 0.717) is 6.04 Å². The lowest BCUT2D eigenvalue weighted by Gasteiger charge is -2.43. The van der Waals surface area contributed by atoms with Crippen molar-refractivity contribution in [2.24, 2.45) is 11.8 Å². The average molecular weight is 306 g/mol. The fourth-order valence-electron chi connectivity index (χ4n) is 4.00. The molecule has 0 saturated carbocycles. The summed E-state index contributed by atoms with van der Waals surface area (Å²) in [5.41, 5.74) is 0. The highest BCUT2D eigenvalue weighted by Crippen LogP contribution is 2.27. The fraction of sp³-hybridized carbons (Fsp3) is 0.706. The molecule has 1 amide bonds. The van der Waals surface area contributed by atoms with Crippen LogP contribution in [0.15, 0.2) is 17.5 Å². The fourth-order valence-corrected chi connectivity index (χ4v) is 4.69. The summed E-state index contributed by atoms with van der Waals surface area (Å²) in [6.45, 7) is 9.07. The molecule has 2 aliphatic heterocycles. The summed E-state index contributed by atoms with van der Waals surface area (Å²) in [5.74, 6) is 1.86. The Morgan fingerprint density at radius 1 is 1.19 bits per heavy atom. The summed E-state index contributed by atoms with van der Waals surface area (Å²) in [6.07, 6.45) is 3.64. The van der Waals surface area contributed by atoms with Crippen LogP contribution in [-0.2, 0) is 0 Å². The number of hydrogen-bond acceptors (Lipinski definition) is 3. The molecule has 0 unspecified atom stereocenters. The number of carbonyl (C=O) groups is 1. The maximum Gasteiger partial charge on any atom is 0.263 e. The van der Waals surface area contributed by atoms with Crippen molar-refractivity contribution in [1.82, 2.24) is 9.80 Å². The van der Waals surface area contributed by atoms with Gasteiger partial charge in [-0.25, -0.2) is 0 Å². The van der Waals surface area contributed by atoms with Gasteiger partial charge in [-0.3, -0.25) is 9.69 Å². The van der Waals surface area contributed by atoms with E-state index < -0.39 is 0 Å². The standard InChI is InChI=1S/C17H26N2OS/c1-13-10-14(2)12-19(11-13)15-5-7-18(8-6-15)17(20)16-4-3-9-21-16/h3-4,9,13-15H,5-8,10-12H2,1-2H3/t13-,14-/m1/s1. The van der Waals surface area contributed by atoms with Gasteiger partial charge in [-0.1, -0.05) is 19.9 Å². The molecule has 4 heteroatoms. The van der Waals surface area contributed by atoms with Crippen molar-refractivity contribution in [3.8, 4) is 0 Å². The second-order valence-electron chi connectivity index (χ2n) is 6.90. The predicted octanol–water partition coefficient (Wildman–Crippen LogP) is 3.33. The molecule has 0 aliphatic carbocycles. The van der Waals surface area contributed by atoms with Crippen molar-refractivity contribution in [3.05, 3.63) is 22.4 Å². The van der Waals surface area contributed by atoms with E-state index in [1.54, 1.807) is 11.3 Å². The molecule has 2 atom stereocenters. The third-order valence-corrected chi connectivity index (χ3v) is 5.76. The van der Waals surface area contributed by atoms with Crippen LogP contribution in [-0.4, -0.2) is 47.9 Å². The molecule has 0 spiro atoms. The Kier molecular flexibility index (Phi) is 4.65. The zero-order chi connectivity index (χ0) is 14.8. The van der Waals surface area contributed by atoms with Crippen molar-refractivity contribution in [3.63, 3.8) is 0 Å². The highest BCUT2D eigenvalue weighted by Gasteiger charge is 2.31. The van der Waals surface area contributed by atoms with Gasteiger partial charge in [-0.05, 0) is 42.5 Å². The molecule has 1 aromatic rings. The number of likely N-dealkylation sites (tertiary alicyclic amines) is 2. The highest BCUT2D eigenvalue weighted by atomic mass is 32.1. The molecule has 2 aliphatic rings. The van der Waals surface area contributed by atoms with Crippen molar-refractivity contribution in [2.45, 2.75) is 39.2 Å². The van der Waals surface area contributed by atoms with Crippen LogP contribution in [0.3, 0.4) is 0 Å².